The number of fused-ring (bicyclic) bond motifs is 3. The lowest BCUT2D eigenvalue weighted by Crippen LogP contribution is -2.33. The number of hydrogen-bond donors (Lipinski definition) is 1. The summed E-state index contributed by atoms with van der Waals surface area (Å²) >= 11 is 0. The van der Waals surface area contributed by atoms with E-state index in [0.29, 0.717) is 19.9 Å². The molecule has 1 fully saturated rings. The van der Waals surface area contributed by atoms with Crippen molar-refractivity contribution >= 4 is 17.0 Å². The molecule has 1 aliphatic carbocycles. The molecule has 9 heteroatoms. The molecule has 0 bridgehead atoms. The summed E-state index contributed by atoms with van der Waals surface area (Å²) in [5.41, 5.74) is 8.93. The van der Waals surface area contributed by atoms with Crippen LogP contribution < -0.4 is 9.64 Å². The summed E-state index contributed by atoms with van der Waals surface area (Å²) in [6, 6.07) is 19.2. The zero-order valence-corrected chi connectivity index (χ0v) is 27.6. The Morgan fingerprint density at radius 2 is 1.91 bits per heavy atom. The number of imidazole rings is 1. The van der Waals surface area contributed by atoms with Gasteiger partial charge >= 0.3 is 0 Å². The van der Waals surface area contributed by atoms with Gasteiger partial charge in [0.05, 0.1) is 24.7 Å². The van der Waals surface area contributed by atoms with Gasteiger partial charge in [0.15, 0.2) is 5.65 Å². The summed E-state index contributed by atoms with van der Waals surface area (Å²) < 4.78 is 12.5. The fraction of sp³-hybridized carbons (Fsp3) is 0.421. The number of benzene rings is 2. The van der Waals surface area contributed by atoms with E-state index in [4.69, 9.17) is 19.4 Å². The summed E-state index contributed by atoms with van der Waals surface area (Å²) in [5.74, 6) is 3.82. The number of nitrogens with one attached hydrogen (secondary N) is 1. The van der Waals surface area contributed by atoms with E-state index in [2.05, 4.69) is 87.1 Å². The first-order valence-corrected chi connectivity index (χ1v) is 17.0. The molecule has 3 aliphatic rings. The molecule has 0 radical (unpaired) electrons. The Morgan fingerprint density at radius 1 is 1.02 bits per heavy atom. The van der Waals surface area contributed by atoms with E-state index in [9.17, 15) is 0 Å². The van der Waals surface area contributed by atoms with Crippen LogP contribution in [0.5, 0.6) is 5.75 Å². The lowest BCUT2D eigenvalue weighted by Gasteiger charge is -2.35. The van der Waals surface area contributed by atoms with Crippen molar-refractivity contribution in [2.75, 3.05) is 31.3 Å². The van der Waals surface area contributed by atoms with Crippen molar-refractivity contribution in [2.24, 2.45) is 5.41 Å². The smallest absolute Gasteiger partial charge is 0.177 e. The molecule has 9 nitrogen and oxygen atoms in total. The first kappa shape index (κ1) is 30.0. The molecule has 1 atom stereocenters. The normalized spacial score (nSPS) is 19.3. The van der Waals surface area contributed by atoms with Crippen LogP contribution in [0.4, 0.5) is 5.82 Å². The van der Waals surface area contributed by atoms with Crippen molar-refractivity contribution in [1.82, 2.24) is 29.8 Å². The van der Waals surface area contributed by atoms with Crippen LogP contribution in [0.1, 0.15) is 73.2 Å². The molecular formula is C38H43N7O2. The van der Waals surface area contributed by atoms with Gasteiger partial charge in [0, 0.05) is 41.7 Å². The Kier molecular flexibility index (Phi) is 7.89. The first-order chi connectivity index (χ1) is 22.9. The Labute approximate surface area is 276 Å². The van der Waals surface area contributed by atoms with E-state index >= 15 is 0 Å². The second-order valence-electron chi connectivity index (χ2n) is 14.1. The number of ether oxygens (including phenoxy) is 2. The second kappa shape index (κ2) is 12.4. The van der Waals surface area contributed by atoms with Crippen molar-refractivity contribution < 1.29 is 9.47 Å². The van der Waals surface area contributed by atoms with Crippen molar-refractivity contribution in [3.05, 3.63) is 94.8 Å². The van der Waals surface area contributed by atoms with Crippen molar-refractivity contribution in [3.63, 3.8) is 0 Å². The van der Waals surface area contributed by atoms with Gasteiger partial charge in [-0.3, -0.25) is 4.90 Å². The number of hydrogen-bond acceptors (Lipinski definition) is 8. The monoisotopic (exact) mass is 629 g/mol. The summed E-state index contributed by atoms with van der Waals surface area (Å²) in [6.45, 7) is 11.0. The van der Waals surface area contributed by atoms with Crippen LogP contribution in [0.15, 0.2) is 60.8 Å². The molecule has 0 amide bonds. The molecule has 1 unspecified atom stereocenters. The van der Waals surface area contributed by atoms with E-state index in [1.54, 1.807) is 0 Å². The summed E-state index contributed by atoms with van der Waals surface area (Å²) in [7, 11) is 0. The lowest BCUT2D eigenvalue weighted by atomic mass is 9.76. The minimum absolute atomic E-state index is 0.153. The van der Waals surface area contributed by atoms with Crippen LogP contribution in [-0.2, 0) is 30.7 Å². The van der Waals surface area contributed by atoms with E-state index in [-0.39, 0.29) is 11.5 Å². The number of H-pyrrole nitrogens is 1. The number of likely N-dealkylation sites (tertiary alicyclic amines) is 1. The maximum atomic E-state index is 6.34. The molecule has 3 aromatic heterocycles. The third-order valence-corrected chi connectivity index (χ3v) is 9.94. The highest BCUT2D eigenvalue weighted by Gasteiger charge is 2.35. The average Bonchev–Trinajstić information content (AvgIpc) is 3.63. The quantitative estimate of drug-likeness (QED) is 0.207. The summed E-state index contributed by atoms with van der Waals surface area (Å²) in [4.78, 5) is 28.0. The highest BCUT2D eigenvalue weighted by atomic mass is 16.5. The minimum Gasteiger partial charge on any atom is -0.491 e. The van der Waals surface area contributed by atoms with Crippen molar-refractivity contribution in [2.45, 2.75) is 72.1 Å². The average molecular weight is 630 g/mol. The SMILES string of the molecule is Cc1nc2ncc(-c3ccc4c(c3)CN(c3nc(C5CCCN5COCc5ccccc5)nc5c3CC(C)(C)CC5)CCO4)cc2[nH]1. The number of aryl methyl sites for hydroxylation is 2. The molecule has 242 valence electrons. The molecule has 2 aromatic carbocycles. The fourth-order valence-corrected chi connectivity index (χ4v) is 7.42. The molecule has 5 aromatic rings. The predicted molar refractivity (Wildman–Crippen MR) is 183 cm³/mol. The van der Waals surface area contributed by atoms with E-state index in [1.807, 2.05) is 19.2 Å². The molecule has 0 spiro atoms. The van der Waals surface area contributed by atoms with E-state index < -0.39 is 0 Å². The zero-order chi connectivity index (χ0) is 32.0. The van der Waals surface area contributed by atoms with Gasteiger partial charge in [-0.2, -0.15) is 0 Å². The van der Waals surface area contributed by atoms with Crippen LogP contribution in [0.25, 0.3) is 22.3 Å². The number of anilines is 1. The van der Waals surface area contributed by atoms with Gasteiger partial charge in [0.25, 0.3) is 0 Å². The van der Waals surface area contributed by atoms with Crippen LogP contribution in [0.2, 0.25) is 0 Å². The number of aromatic nitrogens is 5. The minimum atomic E-state index is 0.153. The van der Waals surface area contributed by atoms with Gasteiger partial charge in [-0.15, -0.1) is 0 Å². The first-order valence-electron chi connectivity index (χ1n) is 17.0. The number of aromatic amines is 1. The summed E-state index contributed by atoms with van der Waals surface area (Å²) in [6.07, 6.45) is 7.16. The molecule has 47 heavy (non-hydrogen) atoms. The van der Waals surface area contributed by atoms with Crippen LogP contribution in [-0.4, -0.2) is 56.2 Å². The lowest BCUT2D eigenvalue weighted by molar-refractivity contribution is 0.0100. The maximum absolute atomic E-state index is 6.34. The third-order valence-electron chi connectivity index (χ3n) is 9.94. The third kappa shape index (κ3) is 6.22. The Bertz CT molecular complexity index is 1900. The molecule has 5 heterocycles. The highest BCUT2D eigenvalue weighted by molar-refractivity contribution is 5.78. The van der Waals surface area contributed by atoms with Crippen molar-refractivity contribution in [3.8, 4) is 16.9 Å². The Balaban J connectivity index is 1.10. The Morgan fingerprint density at radius 3 is 2.81 bits per heavy atom. The van der Waals surface area contributed by atoms with Crippen LogP contribution >= 0.6 is 0 Å². The number of rotatable bonds is 7. The van der Waals surface area contributed by atoms with Crippen LogP contribution in [0.3, 0.4) is 0 Å². The van der Waals surface area contributed by atoms with Gasteiger partial charge in [-0.05, 0) is 73.8 Å². The van der Waals surface area contributed by atoms with E-state index in [1.165, 1.54) is 16.8 Å². The van der Waals surface area contributed by atoms with Gasteiger partial charge < -0.3 is 19.4 Å². The highest BCUT2D eigenvalue weighted by Crippen LogP contribution is 2.41. The molecule has 1 saturated heterocycles. The number of pyridine rings is 1. The van der Waals surface area contributed by atoms with Gasteiger partial charge in [-0.1, -0.05) is 50.2 Å². The predicted octanol–water partition coefficient (Wildman–Crippen LogP) is 6.95. The van der Waals surface area contributed by atoms with Gasteiger partial charge in [0.1, 0.15) is 36.6 Å². The molecule has 0 saturated carbocycles. The zero-order valence-electron chi connectivity index (χ0n) is 27.6. The van der Waals surface area contributed by atoms with Crippen molar-refractivity contribution in [1.29, 1.82) is 0 Å². The van der Waals surface area contributed by atoms with Gasteiger partial charge in [-0.25, -0.2) is 19.9 Å². The topological polar surface area (TPSA) is 92.3 Å². The van der Waals surface area contributed by atoms with Crippen LogP contribution in [0, 0.1) is 12.3 Å². The summed E-state index contributed by atoms with van der Waals surface area (Å²) in [5, 5.41) is 0. The Hall–Kier alpha value is -4.34. The maximum Gasteiger partial charge on any atom is 0.177 e. The standard InChI is InChI=1S/C38H43N7O2/c1-25-40-32-19-28(21-39-35(32)41-25)27-11-12-34-29(18-27)22-44(16-17-47-34)37-30-20-38(2,3)14-13-31(30)42-36(43-37)33-10-7-15-45(33)24-46-23-26-8-5-4-6-9-26/h4-6,8-9,11-12,18-19,21,33H,7,10,13-17,20,22-24H2,1-3H3,(H,39,40,41). The molecule has 2 aliphatic heterocycles. The molecule has 1 N–H and O–H groups in total. The molecular weight excluding hydrogens is 586 g/mol. The number of nitrogens with zero attached hydrogens (tertiary/aromatic N) is 6. The van der Waals surface area contributed by atoms with Gasteiger partial charge in [0.2, 0.25) is 0 Å². The van der Waals surface area contributed by atoms with E-state index in [0.717, 1.165) is 103 Å². The largest absolute Gasteiger partial charge is 0.491 e. The fourth-order valence-electron chi connectivity index (χ4n) is 7.42. The second-order valence-corrected chi connectivity index (χ2v) is 14.1. The molecule has 8 rings (SSSR count).